The number of benzene rings is 3. The second kappa shape index (κ2) is 9.02. The molecule has 0 saturated heterocycles. The van der Waals surface area contributed by atoms with Crippen molar-refractivity contribution in [2.45, 2.75) is 19.4 Å². The molecular weight excluding hydrogens is 388 g/mol. The summed E-state index contributed by atoms with van der Waals surface area (Å²) in [6.07, 6.45) is 0.869. The van der Waals surface area contributed by atoms with Gasteiger partial charge in [-0.2, -0.15) is 0 Å². The summed E-state index contributed by atoms with van der Waals surface area (Å²) in [4.78, 5) is 9.46. The van der Waals surface area contributed by atoms with Gasteiger partial charge in [0, 0.05) is 18.0 Å². The summed E-state index contributed by atoms with van der Waals surface area (Å²) in [5, 5.41) is 14.9. The lowest BCUT2D eigenvalue weighted by Crippen LogP contribution is -2.28. The van der Waals surface area contributed by atoms with Gasteiger partial charge in [0.05, 0.1) is 18.2 Å². The molecule has 0 unspecified atom stereocenters. The van der Waals surface area contributed by atoms with Crippen molar-refractivity contribution in [2.24, 2.45) is 5.73 Å². The van der Waals surface area contributed by atoms with E-state index in [1.54, 1.807) is 13.2 Å². The molecule has 0 bridgehead atoms. The molecule has 1 aromatic heterocycles. The maximum Gasteiger partial charge on any atom is 0.165 e. The van der Waals surface area contributed by atoms with Gasteiger partial charge in [-0.05, 0) is 53.9 Å². The van der Waals surface area contributed by atoms with Crippen molar-refractivity contribution in [3.8, 4) is 34.0 Å². The fourth-order valence-corrected chi connectivity index (χ4v) is 3.38. The third-order valence-electron chi connectivity index (χ3n) is 5.32. The Kier molecular flexibility index (Phi) is 6.00. The molecule has 0 saturated carbocycles. The number of hydrogen-bond acceptors (Lipinski definition) is 6. The number of nitrogens with one attached hydrogen (secondary N) is 1. The first-order valence-electron chi connectivity index (χ1n) is 10.3. The monoisotopic (exact) mass is 414 g/mol. The van der Waals surface area contributed by atoms with Gasteiger partial charge in [0.15, 0.2) is 5.82 Å². The van der Waals surface area contributed by atoms with E-state index in [0.29, 0.717) is 23.8 Å². The highest BCUT2D eigenvalue weighted by Gasteiger charge is 2.14. The molecule has 1 heterocycles. The van der Waals surface area contributed by atoms with Crippen LogP contribution in [0.2, 0.25) is 0 Å². The van der Waals surface area contributed by atoms with Crippen molar-refractivity contribution in [3.63, 3.8) is 0 Å². The minimum absolute atomic E-state index is 0.0315. The van der Waals surface area contributed by atoms with Gasteiger partial charge in [-0.15, -0.1) is 0 Å². The zero-order chi connectivity index (χ0) is 21.8. The van der Waals surface area contributed by atoms with Crippen LogP contribution in [0.3, 0.4) is 0 Å². The number of phenols is 1. The molecule has 0 amide bonds. The summed E-state index contributed by atoms with van der Waals surface area (Å²) in [6.45, 7) is 2.66. The molecule has 0 aliphatic carbocycles. The van der Waals surface area contributed by atoms with Gasteiger partial charge in [-0.3, -0.25) is 0 Å². The van der Waals surface area contributed by atoms with E-state index in [-0.39, 0.29) is 11.8 Å². The van der Waals surface area contributed by atoms with Crippen LogP contribution < -0.4 is 15.8 Å². The van der Waals surface area contributed by atoms with Crippen LogP contribution in [0.25, 0.3) is 33.4 Å². The highest BCUT2D eigenvalue weighted by atomic mass is 16.5. The third-order valence-corrected chi connectivity index (χ3v) is 5.32. The maximum absolute atomic E-state index is 10.6. The second-order valence-corrected chi connectivity index (χ2v) is 7.42. The Hall–Kier alpha value is -3.64. The summed E-state index contributed by atoms with van der Waals surface area (Å²) >= 11 is 0. The number of fused-ring (bicyclic) bond motifs is 1. The Morgan fingerprint density at radius 2 is 1.74 bits per heavy atom. The molecule has 4 aromatic rings. The van der Waals surface area contributed by atoms with E-state index in [0.717, 1.165) is 34.2 Å². The molecule has 3 aromatic carbocycles. The number of rotatable bonds is 7. The van der Waals surface area contributed by atoms with Crippen LogP contribution in [0.5, 0.6) is 11.5 Å². The van der Waals surface area contributed by atoms with Gasteiger partial charge >= 0.3 is 0 Å². The number of hydrogen-bond donors (Lipinski definition) is 3. The number of nitrogens with two attached hydrogens (primary N) is 1. The number of para-hydroxylation sites is 1. The molecule has 0 spiro atoms. The Bertz CT molecular complexity index is 1190. The van der Waals surface area contributed by atoms with Gasteiger partial charge in [-0.25, -0.2) is 9.97 Å². The minimum Gasteiger partial charge on any atom is -0.507 e. The highest BCUT2D eigenvalue weighted by Crippen LogP contribution is 2.34. The first kappa shape index (κ1) is 20.6. The van der Waals surface area contributed by atoms with Gasteiger partial charge in [0.2, 0.25) is 0 Å². The SMILES string of the molecule is CC[C@@H](N)CNc1nc(-c2cc(-c3ccc(OC)cc3)ccc2O)nc2ccccc12. The molecule has 31 heavy (non-hydrogen) atoms. The molecule has 6 nitrogen and oxygen atoms in total. The lowest BCUT2D eigenvalue weighted by Gasteiger charge is -2.14. The first-order valence-corrected chi connectivity index (χ1v) is 10.3. The van der Waals surface area contributed by atoms with E-state index in [4.69, 9.17) is 20.4 Å². The van der Waals surface area contributed by atoms with E-state index < -0.39 is 0 Å². The van der Waals surface area contributed by atoms with Crippen molar-refractivity contribution in [2.75, 3.05) is 19.0 Å². The second-order valence-electron chi connectivity index (χ2n) is 7.42. The summed E-state index contributed by atoms with van der Waals surface area (Å²) in [5.74, 6) is 2.09. The average molecular weight is 415 g/mol. The maximum atomic E-state index is 10.6. The van der Waals surface area contributed by atoms with Gasteiger partial charge < -0.3 is 20.9 Å². The summed E-state index contributed by atoms with van der Waals surface area (Å²) < 4.78 is 5.24. The number of aromatic nitrogens is 2. The minimum atomic E-state index is 0.0315. The van der Waals surface area contributed by atoms with E-state index in [2.05, 4.69) is 12.2 Å². The Morgan fingerprint density at radius 1 is 1.00 bits per heavy atom. The molecule has 6 heteroatoms. The summed E-state index contributed by atoms with van der Waals surface area (Å²) in [6, 6.07) is 21.1. The predicted octanol–water partition coefficient (Wildman–Crippen LogP) is 4.83. The van der Waals surface area contributed by atoms with Gasteiger partial charge in [0.1, 0.15) is 17.3 Å². The standard InChI is InChI=1S/C25H26N4O2/c1-3-18(26)15-27-24-20-6-4-5-7-22(20)28-25(29-24)21-14-17(10-13-23(21)30)16-8-11-19(31-2)12-9-16/h4-14,18,30H,3,15,26H2,1-2H3,(H,27,28,29)/t18-/m1/s1. The van der Waals surface area contributed by atoms with Gasteiger partial charge in [-0.1, -0.05) is 37.3 Å². The predicted molar refractivity (Wildman–Crippen MR) is 125 cm³/mol. The van der Waals surface area contributed by atoms with Crippen LogP contribution in [0.1, 0.15) is 13.3 Å². The molecule has 1 atom stereocenters. The van der Waals surface area contributed by atoms with Crippen LogP contribution in [0.4, 0.5) is 5.82 Å². The molecule has 4 rings (SSSR count). The highest BCUT2D eigenvalue weighted by molar-refractivity contribution is 5.91. The third kappa shape index (κ3) is 4.44. The average Bonchev–Trinajstić information content (AvgIpc) is 2.82. The van der Waals surface area contributed by atoms with Crippen LogP contribution in [-0.4, -0.2) is 34.8 Å². The smallest absolute Gasteiger partial charge is 0.165 e. The van der Waals surface area contributed by atoms with E-state index in [1.165, 1.54) is 0 Å². The fourth-order valence-electron chi connectivity index (χ4n) is 3.38. The fraction of sp³-hybridized carbons (Fsp3) is 0.200. The number of ether oxygens (including phenoxy) is 1. The van der Waals surface area contributed by atoms with Crippen LogP contribution in [-0.2, 0) is 0 Å². The van der Waals surface area contributed by atoms with Crippen LogP contribution in [0, 0.1) is 0 Å². The number of phenolic OH excluding ortho intramolecular Hbond substituents is 1. The van der Waals surface area contributed by atoms with Crippen LogP contribution >= 0.6 is 0 Å². The van der Waals surface area contributed by atoms with Crippen molar-refractivity contribution < 1.29 is 9.84 Å². The molecule has 158 valence electrons. The summed E-state index contributed by atoms with van der Waals surface area (Å²) in [5.41, 5.74) is 9.42. The van der Waals surface area contributed by atoms with E-state index >= 15 is 0 Å². The van der Waals surface area contributed by atoms with Crippen molar-refractivity contribution in [1.29, 1.82) is 0 Å². The van der Waals surface area contributed by atoms with Crippen molar-refractivity contribution in [3.05, 3.63) is 66.7 Å². The molecule has 0 radical (unpaired) electrons. The number of anilines is 1. The lowest BCUT2D eigenvalue weighted by molar-refractivity contribution is 0.415. The molecule has 0 aliphatic rings. The molecule has 0 aliphatic heterocycles. The number of aromatic hydroxyl groups is 1. The van der Waals surface area contributed by atoms with E-state index in [1.807, 2.05) is 60.7 Å². The Labute approximate surface area is 181 Å². The largest absolute Gasteiger partial charge is 0.507 e. The van der Waals surface area contributed by atoms with E-state index in [9.17, 15) is 5.11 Å². The van der Waals surface area contributed by atoms with Crippen LogP contribution in [0.15, 0.2) is 66.7 Å². The Balaban J connectivity index is 1.78. The van der Waals surface area contributed by atoms with Crippen molar-refractivity contribution in [1.82, 2.24) is 9.97 Å². The zero-order valence-corrected chi connectivity index (χ0v) is 17.7. The quantitative estimate of drug-likeness (QED) is 0.401. The zero-order valence-electron chi connectivity index (χ0n) is 17.7. The normalized spacial score (nSPS) is 12.0. The van der Waals surface area contributed by atoms with Crippen molar-refractivity contribution >= 4 is 16.7 Å². The number of methoxy groups -OCH3 is 1. The molecule has 0 fully saturated rings. The molecule has 4 N–H and O–H groups in total. The van der Waals surface area contributed by atoms with Gasteiger partial charge in [0.25, 0.3) is 0 Å². The topological polar surface area (TPSA) is 93.3 Å². The molecular formula is C25H26N4O2. The lowest BCUT2D eigenvalue weighted by atomic mass is 10.0. The Morgan fingerprint density at radius 3 is 2.48 bits per heavy atom. The number of nitrogens with zero attached hydrogens (tertiary/aromatic N) is 2. The summed E-state index contributed by atoms with van der Waals surface area (Å²) in [7, 11) is 1.64. The first-order chi connectivity index (χ1) is 15.1.